The van der Waals surface area contributed by atoms with Crippen LogP contribution < -0.4 is 5.32 Å². The summed E-state index contributed by atoms with van der Waals surface area (Å²) >= 11 is 5.75. The molecule has 2 rings (SSSR count). The molecule has 0 bridgehead atoms. The molecule has 0 unspecified atom stereocenters. The molecule has 1 aliphatic rings. The van der Waals surface area contributed by atoms with E-state index in [2.05, 4.69) is 10.3 Å². The highest BCUT2D eigenvalue weighted by Crippen LogP contribution is 2.39. The molecule has 1 aromatic rings. The Hall–Kier alpha value is -0.830. The number of hydrogen-bond acceptors (Lipinski definition) is 2. The zero-order valence-corrected chi connectivity index (χ0v) is 7.81. The van der Waals surface area contributed by atoms with Crippen LogP contribution in [0.25, 0.3) is 0 Å². The van der Waals surface area contributed by atoms with Crippen LogP contribution in [0, 0.1) is 5.82 Å². The van der Waals surface area contributed by atoms with Gasteiger partial charge < -0.3 is 5.32 Å². The van der Waals surface area contributed by atoms with E-state index in [0.29, 0.717) is 11.7 Å². The average molecular weight is 201 g/mol. The van der Waals surface area contributed by atoms with E-state index in [0.717, 1.165) is 12.8 Å². The summed E-state index contributed by atoms with van der Waals surface area (Å²) in [5, 5.41) is 3.03. The van der Waals surface area contributed by atoms with Gasteiger partial charge in [-0.15, -0.1) is 11.6 Å². The van der Waals surface area contributed by atoms with Gasteiger partial charge >= 0.3 is 0 Å². The maximum atomic E-state index is 13.1. The first-order valence-corrected chi connectivity index (χ1v) is 4.74. The van der Waals surface area contributed by atoms with Gasteiger partial charge in [-0.2, -0.15) is 0 Å². The van der Waals surface area contributed by atoms with Gasteiger partial charge in [0.1, 0.15) is 0 Å². The van der Waals surface area contributed by atoms with Gasteiger partial charge in [-0.25, -0.2) is 9.37 Å². The largest absolute Gasteiger partial charge is 0.361 e. The van der Waals surface area contributed by atoms with E-state index in [-0.39, 0.29) is 11.4 Å². The molecule has 1 heterocycles. The van der Waals surface area contributed by atoms with Crippen molar-refractivity contribution in [2.24, 2.45) is 0 Å². The fourth-order valence-corrected chi connectivity index (χ4v) is 1.51. The van der Waals surface area contributed by atoms with Crippen LogP contribution in [0.3, 0.4) is 0 Å². The number of aromatic nitrogens is 1. The SMILES string of the molecule is Fc1cccnc1NC1(CCl)CC1. The Morgan fingerprint density at radius 3 is 2.92 bits per heavy atom. The van der Waals surface area contributed by atoms with E-state index in [4.69, 9.17) is 11.6 Å². The number of anilines is 1. The summed E-state index contributed by atoms with van der Waals surface area (Å²) in [5.74, 6) is 0.489. The molecule has 1 aromatic heterocycles. The van der Waals surface area contributed by atoms with Crippen molar-refractivity contribution in [2.75, 3.05) is 11.2 Å². The first-order valence-electron chi connectivity index (χ1n) is 4.20. The van der Waals surface area contributed by atoms with Gasteiger partial charge in [-0.1, -0.05) is 0 Å². The predicted molar refractivity (Wildman–Crippen MR) is 50.5 cm³/mol. The molecule has 70 valence electrons. The van der Waals surface area contributed by atoms with E-state index in [1.807, 2.05) is 0 Å². The van der Waals surface area contributed by atoms with E-state index in [1.54, 1.807) is 12.3 Å². The second-order valence-electron chi connectivity index (χ2n) is 3.37. The number of halogens is 2. The van der Waals surface area contributed by atoms with Crippen molar-refractivity contribution >= 4 is 17.4 Å². The molecule has 0 atom stereocenters. The summed E-state index contributed by atoms with van der Waals surface area (Å²) < 4.78 is 13.1. The molecule has 1 fully saturated rings. The van der Waals surface area contributed by atoms with Crippen molar-refractivity contribution in [3.8, 4) is 0 Å². The van der Waals surface area contributed by atoms with E-state index < -0.39 is 0 Å². The third-order valence-electron chi connectivity index (χ3n) is 2.25. The Morgan fingerprint density at radius 2 is 2.38 bits per heavy atom. The maximum Gasteiger partial charge on any atom is 0.165 e. The average Bonchev–Trinajstić information content (AvgIpc) is 2.90. The van der Waals surface area contributed by atoms with E-state index in [1.165, 1.54) is 6.07 Å². The van der Waals surface area contributed by atoms with Crippen molar-refractivity contribution in [2.45, 2.75) is 18.4 Å². The summed E-state index contributed by atoms with van der Waals surface area (Å²) in [6.45, 7) is 0. The summed E-state index contributed by atoms with van der Waals surface area (Å²) in [6.07, 6.45) is 3.55. The standard InChI is InChI=1S/C9H10ClFN2/c10-6-9(3-4-9)13-8-7(11)2-1-5-12-8/h1-2,5H,3-4,6H2,(H,12,13). The van der Waals surface area contributed by atoms with Crippen LogP contribution >= 0.6 is 11.6 Å². The highest BCUT2D eigenvalue weighted by Gasteiger charge is 2.42. The lowest BCUT2D eigenvalue weighted by Crippen LogP contribution is -2.24. The Kier molecular flexibility index (Phi) is 2.12. The number of hydrogen-bond donors (Lipinski definition) is 1. The highest BCUT2D eigenvalue weighted by molar-refractivity contribution is 6.19. The Bertz CT molecular complexity index is 312. The molecule has 0 spiro atoms. The number of nitrogens with zero attached hydrogens (tertiary/aromatic N) is 1. The smallest absolute Gasteiger partial charge is 0.165 e. The minimum atomic E-state index is -0.320. The fraction of sp³-hybridized carbons (Fsp3) is 0.444. The molecule has 13 heavy (non-hydrogen) atoms. The molecule has 0 aromatic carbocycles. The molecule has 1 aliphatic carbocycles. The van der Waals surface area contributed by atoms with Crippen LogP contribution in [0.5, 0.6) is 0 Å². The maximum absolute atomic E-state index is 13.1. The van der Waals surface area contributed by atoms with Gasteiger partial charge in [-0.3, -0.25) is 0 Å². The second kappa shape index (κ2) is 3.14. The molecule has 0 aliphatic heterocycles. The predicted octanol–water partition coefficient (Wildman–Crippen LogP) is 2.40. The van der Waals surface area contributed by atoms with Gasteiger partial charge in [0.25, 0.3) is 0 Å². The van der Waals surface area contributed by atoms with Crippen LogP contribution in [0.4, 0.5) is 10.2 Å². The van der Waals surface area contributed by atoms with E-state index in [9.17, 15) is 4.39 Å². The first kappa shape index (κ1) is 8.75. The minimum Gasteiger partial charge on any atom is -0.361 e. The summed E-state index contributed by atoms with van der Waals surface area (Å²) in [4.78, 5) is 3.91. The van der Waals surface area contributed by atoms with Crippen LogP contribution in [-0.2, 0) is 0 Å². The van der Waals surface area contributed by atoms with Gasteiger partial charge in [0, 0.05) is 12.1 Å². The molecular weight excluding hydrogens is 191 g/mol. The molecule has 0 saturated heterocycles. The van der Waals surface area contributed by atoms with E-state index >= 15 is 0 Å². The fourth-order valence-electron chi connectivity index (χ4n) is 1.17. The monoisotopic (exact) mass is 200 g/mol. The van der Waals surface area contributed by atoms with Crippen molar-refractivity contribution < 1.29 is 4.39 Å². The zero-order chi connectivity index (χ0) is 9.31. The third kappa shape index (κ3) is 1.75. The van der Waals surface area contributed by atoms with Gasteiger partial charge in [-0.05, 0) is 25.0 Å². The van der Waals surface area contributed by atoms with Crippen LogP contribution in [0.15, 0.2) is 18.3 Å². The second-order valence-corrected chi connectivity index (χ2v) is 3.64. The molecule has 2 nitrogen and oxygen atoms in total. The lowest BCUT2D eigenvalue weighted by molar-refractivity contribution is 0.619. The Morgan fingerprint density at radius 1 is 1.62 bits per heavy atom. The number of rotatable bonds is 3. The molecule has 0 amide bonds. The quantitative estimate of drug-likeness (QED) is 0.758. The highest BCUT2D eigenvalue weighted by atomic mass is 35.5. The first-order chi connectivity index (χ1) is 6.26. The van der Waals surface area contributed by atoms with Crippen molar-refractivity contribution in [3.63, 3.8) is 0 Å². The van der Waals surface area contributed by atoms with Crippen LogP contribution in [-0.4, -0.2) is 16.4 Å². The Labute approximate surface area is 81.1 Å². The molecular formula is C9H10ClFN2. The molecule has 1 N–H and O–H groups in total. The van der Waals surface area contributed by atoms with Crippen molar-refractivity contribution in [1.82, 2.24) is 4.98 Å². The summed E-state index contributed by atoms with van der Waals surface area (Å²) in [6, 6.07) is 2.96. The lowest BCUT2D eigenvalue weighted by Gasteiger charge is -2.14. The normalized spacial score (nSPS) is 18.3. The molecule has 1 saturated carbocycles. The number of nitrogens with one attached hydrogen (secondary N) is 1. The van der Waals surface area contributed by atoms with Gasteiger partial charge in [0.15, 0.2) is 11.6 Å². The molecule has 0 radical (unpaired) electrons. The molecule has 4 heteroatoms. The zero-order valence-electron chi connectivity index (χ0n) is 7.06. The van der Waals surface area contributed by atoms with Gasteiger partial charge in [0.05, 0.1) is 5.54 Å². The lowest BCUT2D eigenvalue weighted by atomic mass is 10.3. The topological polar surface area (TPSA) is 24.9 Å². The third-order valence-corrected chi connectivity index (χ3v) is 2.76. The number of pyridine rings is 1. The van der Waals surface area contributed by atoms with Crippen LogP contribution in [0.2, 0.25) is 0 Å². The minimum absolute atomic E-state index is 0.100. The summed E-state index contributed by atoms with van der Waals surface area (Å²) in [5.41, 5.74) is -0.100. The summed E-state index contributed by atoms with van der Waals surface area (Å²) in [7, 11) is 0. The van der Waals surface area contributed by atoms with Crippen molar-refractivity contribution in [1.29, 1.82) is 0 Å². The van der Waals surface area contributed by atoms with Crippen LogP contribution in [0.1, 0.15) is 12.8 Å². The number of alkyl halides is 1. The van der Waals surface area contributed by atoms with Crippen molar-refractivity contribution in [3.05, 3.63) is 24.1 Å². The Balaban J connectivity index is 2.14. The van der Waals surface area contributed by atoms with Gasteiger partial charge in [0.2, 0.25) is 0 Å².